The van der Waals surface area contributed by atoms with Crippen molar-refractivity contribution in [2.75, 3.05) is 4.90 Å². The van der Waals surface area contributed by atoms with Crippen LogP contribution in [0.15, 0.2) is 54.6 Å². The molecule has 3 nitrogen and oxygen atoms in total. The highest BCUT2D eigenvalue weighted by Gasteiger charge is 2.35. The van der Waals surface area contributed by atoms with E-state index in [1.54, 1.807) is 6.92 Å². The molecule has 2 unspecified atom stereocenters. The topological polar surface area (TPSA) is 40.5 Å². The van der Waals surface area contributed by atoms with Gasteiger partial charge in [-0.2, -0.15) is 0 Å². The fraction of sp³-hybridized carbons (Fsp3) is 0.316. The van der Waals surface area contributed by atoms with Crippen LogP contribution in [0.2, 0.25) is 0 Å². The molecule has 3 rings (SSSR count). The second-order valence-electron chi connectivity index (χ2n) is 6.26. The summed E-state index contributed by atoms with van der Waals surface area (Å²) in [6.07, 6.45) is 0.949. The zero-order valence-electron chi connectivity index (χ0n) is 13.0. The number of carbonyl (C=O) groups is 1. The van der Waals surface area contributed by atoms with Crippen LogP contribution in [-0.2, 0) is 16.8 Å². The molecule has 1 heterocycles. The van der Waals surface area contributed by atoms with Gasteiger partial charge >= 0.3 is 0 Å². The zero-order chi connectivity index (χ0) is 15.7. The first-order chi connectivity index (χ1) is 10.5. The Bertz CT molecular complexity index is 679. The van der Waals surface area contributed by atoms with E-state index < -0.39 is 5.60 Å². The molecule has 0 saturated carbocycles. The van der Waals surface area contributed by atoms with Crippen molar-refractivity contribution < 1.29 is 9.90 Å². The van der Waals surface area contributed by atoms with E-state index in [1.807, 2.05) is 53.4 Å². The fourth-order valence-corrected chi connectivity index (χ4v) is 3.22. The van der Waals surface area contributed by atoms with Crippen LogP contribution < -0.4 is 4.90 Å². The number of fused-ring (bicyclic) bond motifs is 1. The maximum Gasteiger partial charge on any atom is 0.230 e. The van der Waals surface area contributed by atoms with Gasteiger partial charge in [0.25, 0.3) is 0 Å². The molecular formula is C19H21NO2. The molecule has 0 aromatic heterocycles. The lowest BCUT2D eigenvalue weighted by atomic mass is 9.92. The normalized spacial score (nSPS) is 19.6. The smallest absolute Gasteiger partial charge is 0.230 e. The minimum atomic E-state index is -1.16. The summed E-state index contributed by atoms with van der Waals surface area (Å²) in [6, 6.07) is 17.5. The molecule has 0 aliphatic carbocycles. The Kier molecular flexibility index (Phi) is 3.75. The third-order valence-electron chi connectivity index (χ3n) is 4.37. The molecule has 3 heteroatoms. The lowest BCUT2D eigenvalue weighted by molar-refractivity contribution is -0.123. The summed E-state index contributed by atoms with van der Waals surface area (Å²) < 4.78 is 0. The van der Waals surface area contributed by atoms with E-state index in [9.17, 15) is 9.90 Å². The number of anilines is 1. The van der Waals surface area contributed by atoms with E-state index >= 15 is 0 Å². The Morgan fingerprint density at radius 2 is 1.82 bits per heavy atom. The van der Waals surface area contributed by atoms with E-state index in [2.05, 4.69) is 13.0 Å². The van der Waals surface area contributed by atoms with Gasteiger partial charge in [-0.1, -0.05) is 48.5 Å². The van der Waals surface area contributed by atoms with E-state index in [0.717, 1.165) is 17.7 Å². The second kappa shape index (κ2) is 5.58. The number of carbonyl (C=O) groups excluding carboxylic acids is 1. The van der Waals surface area contributed by atoms with Crippen molar-refractivity contribution >= 4 is 11.6 Å². The number of benzene rings is 2. The average Bonchev–Trinajstić information content (AvgIpc) is 2.83. The molecule has 1 N–H and O–H groups in total. The predicted octanol–water partition coefficient (Wildman–Crippen LogP) is 3.26. The van der Waals surface area contributed by atoms with E-state index in [-0.39, 0.29) is 18.4 Å². The van der Waals surface area contributed by atoms with E-state index in [1.165, 1.54) is 5.56 Å². The first kappa shape index (κ1) is 14.8. The molecule has 2 atom stereocenters. The number of para-hydroxylation sites is 1. The Morgan fingerprint density at radius 1 is 1.18 bits per heavy atom. The number of amides is 1. The highest BCUT2D eigenvalue weighted by atomic mass is 16.3. The molecular weight excluding hydrogens is 274 g/mol. The fourth-order valence-electron chi connectivity index (χ4n) is 3.22. The first-order valence-corrected chi connectivity index (χ1v) is 7.67. The van der Waals surface area contributed by atoms with Gasteiger partial charge in [0.05, 0.1) is 12.0 Å². The highest BCUT2D eigenvalue weighted by molar-refractivity contribution is 5.96. The van der Waals surface area contributed by atoms with Gasteiger partial charge in [-0.05, 0) is 37.5 Å². The molecule has 0 spiro atoms. The van der Waals surface area contributed by atoms with Crippen molar-refractivity contribution in [2.45, 2.75) is 38.3 Å². The van der Waals surface area contributed by atoms with Crippen LogP contribution in [0.3, 0.4) is 0 Å². The molecule has 0 bridgehead atoms. The molecule has 0 fully saturated rings. The second-order valence-corrected chi connectivity index (χ2v) is 6.26. The summed E-state index contributed by atoms with van der Waals surface area (Å²) in [5.41, 5.74) is 1.78. The maximum atomic E-state index is 12.8. The van der Waals surface area contributed by atoms with Gasteiger partial charge in [0.1, 0.15) is 0 Å². The molecule has 1 aliphatic heterocycles. The van der Waals surface area contributed by atoms with Gasteiger partial charge in [-0.15, -0.1) is 0 Å². The number of hydrogen-bond donors (Lipinski definition) is 1. The third kappa shape index (κ3) is 2.64. The summed E-state index contributed by atoms with van der Waals surface area (Å²) in [5, 5.41) is 10.7. The van der Waals surface area contributed by atoms with Crippen LogP contribution in [0.1, 0.15) is 31.4 Å². The minimum Gasteiger partial charge on any atom is -0.385 e. The Labute approximate surface area is 131 Å². The van der Waals surface area contributed by atoms with Gasteiger partial charge < -0.3 is 10.0 Å². The first-order valence-electron chi connectivity index (χ1n) is 7.67. The van der Waals surface area contributed by atoms with Gasteiger partial charge in [-0.25, -0.2) is 0 Å². The van der Waals surface area contributed by atoms with Gasteiger partial charge in [0.2, 0.25) is 5.91 Å². The van der Waals surface area contributed by atoms with Crippen LogP contribution in [0.25, 0.3) is 0 Å². The summed E-state index contributed by atoms with van der Waals surface area (Å²) in [4.78, 5) is 14.6. The minimum absolute atomic E-state index is 0.0358. The molecule has 0 saturated heterocycles. The Balaban J connectivity index is 1.83. The van der Waals surface area contributed by atoms with Crippen molar-refractivity contribution in [1.29, 1.82) is 0 Å². The molecule has 1 aliphatic rings. The van der Waals surface area contributed by atoms with E-state index in [4.69, 9.17) is 0 Å². The van der Waals surface area contributed by atoms with E-state index in [0.29, 0.717) is 0 Å². The summed E-state index contributed by atoms with van der Waals surface area (Å²) in [6.45, 7) is 3.75. The van der Waals surface area contributed by atoms with Crippen molar-refractivity contribution in [3.05, 3.63) is 65.7 Å². The largest absolute Gasteiger partial charge is 0.385 e. The maximum absolute atomic E-state index is 12.8. The number of nitrogens with zero attached hydrogens (tertiary/aromatic N) is 1. The quantitative estimate of drug-likeness (QED) is 0.944. The third-order valence-corrected chi connectivity index (χ3v) is 4.37. The van der Waals surface area contributed by atoms with Gasteiger partial charge in [0.15, 0.2) is 0 Å². The van der Waals surface area contributed by atoms with Crippen molar-refractivity contribution in [2.24, 2.45) is 0 Å². The highest BCUT2D eigenvalue weighted by Crippen LogP contribution is 2.34. The molecule has 1 amide bonds. The zero-order valence-corrected chi connectivity index (χ0v) is 13.0. The summed E-state index contributed by atoms with van der Waals surface area (Å²) >= 11 is 0. The Hall–Kier alpha value is -2.13. The van der Waals surface area contributed by atoms with Crippen molar-refractivity contribution in [1.82, 2.24) is 0 Å². The van der Waals surface area contributed by atoms with Crippen molar-refractivity contribution in [3.8, 4) is 0 Å². The monoisotopic (exact) mass is 295 g/mol. The van der Waals surface area contributed by atoms with Crippen LogP contribution in [-0.4, -0.2) is 17.1 Å². The molecule has 2 aromatic carbocycles. The Morgan fingerprint density at radius 3 is 2.55 bits per heavy atom. The SMILES string of the molecule is CC1Cc2ccccc2N1C(=O)CC(C)(O)c1ccccc1. The van der Waals surface area contributed by atoms with Crippen LogP contribution in [0, 0.1) is 0 Å². The van der Waals surface area contributed by atoms with Gasteiger partial charge in [0, 0.05) is 11.7 Å². The predicted molar refractivity (Wildman–Crippen MR) is 87.7 cm³/mol. The van der Waals surface area contributed by atoms with Crippen molar-refractivity contribution in [3.63, 3.8) is 0 Å². The number of rotatable bonds is 3. The average molecular weight is 295 g/mol. The lowest BCUT2D eigenvalue weighted by Crippen LogP contribution is -2.39. The van der Waals surface area contributed by atoms with Crippen LogP contribution in [0.5, 0.6) is 0 Å². The number of hydrogen-bond acceptors (Lipinski definition) is 2. The lowest BCUT2D eigenvalue weighted by Gasteiger charge is -2.29. The van der Waals surface area contributed by atoms with Gasteiger partial charge in [-0.3, -0.25) is 4.79 Å². The summed E-state index contributed by atoms with van der Waals surface area (Å²) in [5.74, 6) is -0.0358. The molecule has 2 aromatic rings. The standard InChI is InChI=1S/C19H21NO2/c1-14-12-15-8-6-7-11-17(15)20(14)18(21)13-19(2,22)16-9-4-3-5-10-16/h3-11,14,22H,12-13H2,1-2H3. The molecule has 0 radical (unpaired) electrons. The molecule has 114 valence electrons. The molecule has 22 heavy (non-hydrogen) atoms. The summed E-state index contributed by atoms with van der Waals surface area (Å²) in [7, 11) is 0. The van der Waals surface area contributed by atoms with Crippen LogP contribution >= 0.6 is 0 Å². The van der Waals surface area contributed by atoms with Crippen LogP contribution in [0.4, 0.5) is 5.69 Å². The number of aliphatic hydroxyl groups is 1.